The van der Waals surface area contributed by atoms with Crippen molar-refractivity contribution in [1.82, 2.24) is 0 Å². The zero-order chi connectivity index (χ0) is 15.1. The van der Waals surface area contributed by atoms with Gasteiger partial charge in [-0.3, -0.25) is 19.2 Å². The SMILES string of the molecule is O=C(O)CC(=O)Nc1ccc(NC(=O)CC(=O)O)cc1. The summed E-state index contributed by atoms with van der Waals surface area (Å²) in [5, 5.41) is 21.6. The van der Waals surface area contributed by atoms with Crippen molar-refractivity contribution >= 4 is 35.1 Å². The van der Waals surface area contributed by atoms with Gasteiger partial charge in [-0.25, -0.2) is 0 Å². The molecule has 2 amide bonds. The third-order valence-corrected chi connectivity index (χ3v) is 2.08. The summed E-state index contributed by atoms with van der Waals surface area (Å²) in [6, 6.07) is 5.82. The van der Waals surface area contributed by atoms with E-state index in [9.17, 15) is 19.2 Å². The van der Waals surface area contributed by atoms with Crippen LogP contribution in [0.4, 0.5) is 11.4 Å². The summed E-state index contributed by atoms with van der Waals surface area (Å²) in [6.07, 6.45) is -1.28. The molecule has 0 spiro atoms. The summed E-state index contributed by atoms with van der Waals surface area (Å²) in [6.45, 7) is 0. The minimum Gasteiger partial charge on any atom is -0.481 e. The van der Waals surface area contributed by atoms with Crippen molar-refractivity contribution in [2.45, 2.75) is 12.8 Å². The van der Waals surface area contributed by atoms with E-state index >= 15 is 0 Å². The number of hydrogen-bond donors (Lipinski definition) is 4. The number of carbonyl (C=O) groups excluding carboxylic acids is 2. The van der Waals surface area contributed by atoms with Crippen LogP contribution < -0.4 is 10.6 Å². The average molecular weight is 280 g/mol. The number of anilines is 2. The molecule has 106 valence electrons. The van der Waals surface area contributed by atoms with Gasteiger partial charge in [-0.15, -0.1) is 0 Å². The molecule has 0 aliphatic heterocycles. The normalized spacial score (nSPS) is 9.60. The lowest BCUT2D eigenvalue weighted by molar-refractivity contribution is -0.141. The van der Waals surface area contributed by atoms with Crippen molar-refractivity contribution in [3.63, 3.8) is 0 Å². The highest BCUT2D eigenvalue weighted by molar-refractivity contribution is 6.02. The molecular weight excluding hydrogens is 268 g/mol. The molecule has 0 aromatic heterocycles. The highest BCUT2D eigenvalue weighted by atomic mass is 16.4. The summed E-state index contributed by atoms with van der Waals surface area (Å²) in [4.78, 5) is 43.0. The smallest absolute Gasteiger partial charge is 0.312 e. The third-order valence-electron chi connectivity index (χ3n) is 2.08. The van der Waals surface area contributed by atoms with Crippen LogP contribution in [0.5, 0.6) is 0 Å². The summed E-state index contributed by atoms with van der Waals surface area (Å²) >= 11 is 0. The Labute approximate surface area is 113 Å². The van der Waals surface area contributed by atoms with Gasteiger partial charge in [-0.1, -0.05) is 0 Å². The first-order valence-corrected chi connectivity index (χ1v) is 5.50. The maximum atomic E-state index is 11.2. The van der Waals surface area contributed by atoms with Gasteiger partial charge in [0.25, 0.3) is 0 Å². The third kappa shape index (κ3) is 5.63. The van der Waals surface area contributed by atoms with Gasteiger partial charge in [0.15, 0.2) is 0 Å². The molecule has 0 atom stereocenters. The molecule has 0 bridgehead atoms. The number of benzene rings is 1. The van der Waals surface area contributed by atoms with Crippen LogP contribution in [0.2, 0.25) is 0 Å². The van der Waals surface area contributed by atoms with E-state index in [0.717, 1.165) is 0 Å². The second-order valence-electron chi connectivity index (χ2n) is 3.81. The first kappa shape index (κ1) is 15.2. The van der Waals surface area contributed by atoms with Crippen molar-refractivity contribution in [2.24, 2.45) is 0 Å². The topological polar surface area (TPSA) is 133 Å². The van der Waals surface area contributed by atoms with Crippen LogP contribution in [-0.2, 0) is 19.2 Å². The van der Waals surface area contributed by atoms with Gasteiger partial charge in [-0.05, 0) is 24.3 Å². The lowest BCUT2D eigenvalue weighted by Crippen LogP contribution is -2.17. The molecule has 0 radical (unpaired) electrons. The molecule has 0 heterocycles. The van der Waals surface area contributed by atoms with Gasteiger partial charge in [0.2, 0.25) is 11.8 Å². The molecule has 20 heavy (non-hydrogen) atoms. The van der Waals surface area contributed by atoms with Crippen LogP contribution in [-0.4, -0.2) is 34.0 Å². The molecule has 0 aliphatic rings. The molecular formula is C12H12N2O6. The van der Waals surface area contributed by atoms with Crippen molar-refractivity contribution in [1.29, 1.82) is 0 Å². The van der Waals surface area contributed by atoms with E-state index in [1.54, 1.807) is 0 Å². The van der Waals surface area contributed by atoms with Crippen LogP contribution in [0.25, 0.3) is 0 Å². The Bertz CT molecular complexity index is 488. The van der Waals surface area contributed by atoms with E-state index < -0.39 is 36.6 Å². The number of nitrogens with one attached hydrogen (secondary N) is 2. The Balaban J connectivity index is 2.56. The Hall–Kier alpha value is -2.90. The van der Waals surface area contributed by atoms with Gasteiger partial charge >= 0.3 is 11.9 Å². The monoisotopic (exact) mass is 280 g/mol. The van der Waals surface area contributed by atoms with Crippen LogP contribution in [0.3, 0.4) is 0 Å². The average Bonchev–Trinajstić information content (AvgIpc) is 2.29. The maximum Gasteiger partial charge on any atom is 0.312 e. The zero-order valence-electron chi connectivity index (χ0n) is 10.3. The first-order valence-electron chi connectivity index (χ1n) is 5.50. The number of carboxylic acid groups (broad SMARTS) is 2. The highest BCUT2D eigenvalue weighted by Crippen LogP contribution is 2.14. The van der Waals surface area contributed by atoms with Crippen molar-refractivity contribution < 1.29 is 29.4 Å². The largest absolute Gasteiger partial charge is 0.481 e. The van der Waals surface area contributed by atoms with E-state index in [-0.39, 0.29) is 0 Å². The van der Waals surface area contributed by atoms with E-state index in [1.807, 2.05) is 0 Å². The van der Waals surface area contributed by atoms with E-state index in [2.05, 4.69) is 10.6 Å². The minimum atomic E-state index is -1.24. The number of amides is 2. The fourth-order valence-electron chi connectivity index (χ4n) is 1.32. The predicted molar refractivity (Wildman–Crippen MR) is 68.2 cm³/mol. The summed E-state index contributed by atoms with van der Waals surface area (Å²) in [5.41, 5.74) is 0.736. The van der Waals surface area contributed by atoms with Crippen LogP contribution in [0.15, 0.2) is 24.3 Å². The highest BCUT2D eigenvalue weighted by Gasteiger charge is 2.09. The number of rotatable bonds is 6. The first-order chi connectivity index (χ1) is 9.36. The number of hydrogen-bond acceptors (Lipinski definition) is 4. The summed E-state index contributed by atoms with van der Waals surface area (Å²) in [7, 11) is 0. The van der Waals surface area contributed by atoms with Gasteiger partial charge in [0, 0.05) is 11.4 Å². The lowest BCUT2D eigenvalue weighted by atomic mass is 10.2. The molecule has 8 nitrogen and oxygen atoms in total. The Morgan fingerprint density at radius 1 is 0.750 bits per heavy atom. The van der Waals surface area contributed by atoms with Gasteiger partial charge in [-0.2, -0.15) is 0 Å². The van der Waals surface area contributed by atoms with Gasteiger partial charge in [0.05, 0.1) is 0 Å². The van der Waals surface area contributed by atoms with Crippen molar-refractivity contribution in [3.05, 3.63) is 24.3 Å². The fraction of sp³-hybridized carbons (Fsp3) is 0.167. The molecule has 0 aliphatic carbocycles. The van der Waals surface area contributed by atoms with E-state index in [1.165, 1.54) is 24.3 Å². The molecule has 1 aromatic rings. The Morgan fingerprint density at radius 2 is 1.05 bits per heavy atom. The molecule has 0 saturated heterocycles. The van der Waals surface area contributed by atoms with Crippen molar-refractivity contribution in [3.8, 4) is 0 Å². The van der Waals surface area contributed by atoms with Gasteiger partial charge < -0.3 is 20.8 Å². The lowest BCUT2D eigenvalue weighted by Gasteiger charge is -2.06. The Kier molecular flexibility index (Phi) is 5.21. The summed E-state index contributed by atoms with van der Waals surface area (Å²) < 4.78 is 0. The van der Waals surface area contributed by atoms with Crippen LogP contribution in [0, 0.1) is 0 Å². The second kappa shape index (κ2) is 6.88. The van der Waals surface area contributed by atoms with Crippen molar-refractivity contribution in [2.75, 3.05) is 10.6 Å². The molecule has 0 unspecified atom stereocenters. The molecule has 1 aromatic carbocycles. The maximum absolute atomic E-state index is 11.2. The zero-order valence-corrected chi connectivity index (χ0v) is 10.3. The minimum absolute atomic E-state index is 0.368. The standard InChI is InChI=1S/C12H12N2O6/c15-9(5-11(17)18)13-7-1-2-8(4-3-7)14-10(16)6-12(19)20/h1-4H,5-6H2,(H,13,15)(H,14,16)(H,17,18)(H,19,20). The Morgan fingerprint density at radius 3 is 1.30 bits per heavy atom. The van der Waals surface area contributed by atoms with E-state index in [0.29, 0.717) is 11.4 Å². The molecule has 1 rings (SSSR count). The predicted octanol–water partition coefficient (Wildman–Crippen LogP) is 0.513. The molecule has 8 heteroatoms. The molecule has 0 fully saturated rings. The van der Waals surface area contributed by atoms with Crippen LogP contribution in [0.1, 0.15) is 12.8 Å². The quantitative estimate of drug-likeness (QED) is 0.561. The van der Waals surface area contributed by atoms with Gasteiger partial charge in [0.1, 0.15) is 12.8 Å². The van der Waals surface area contributed by atoms with Crippen LogP contribution >= 0.6 is 0 Å². The summed E-state index contributed by atoms with van der Waals surface area (Å²) in [5.74, 6) is -3.81. The molecule has 4 N–H and O–H groups in total. The second-order valence-corrected chi connectivity index (χ2v) is 3.81. The number of aliphatic carboxylic acids is 2. The fourth-order valence-corrected chi connectivity index (χ4v) is 1.32. The molecule has 0 saturated carbocycles. The van der Waals surface area contributed by atoms with E-state index in [4.69, 9.17) is 10.2 Å². The number of carbonyl (C=O) groups is 4. The number of carboxylic acids is 2.